The van der Waals surface area contributed by atoms with Crippen molar-refractivity contribution in [3.8, 4) is 0 Å². The first kappa shape index (κ1) is 12.2. The van der Waals surface area contributed by atoms with E-state index in [1.54, 1.807) is 12.4 Å². The Kier molecular flexibility index (Phi) is 4.01. The molecule has 0 saturated carbocycles. The molecule has 1 amide bonds. The van der Waals surface area contributed by atoms with Crippen molar-refractivity contribution < 1.29 is 4.79 Å². The van der Waals surface area contributed by atoms with E-state index in [0.29, 0.717) is 6.54 Å². The van der Waals surface area contributed by atoms with Crippen LogP contribution in [0.5, 0.6) is 0 Å². The fourth-order valence-electron chi connectivity index (χ4n) is 1.51. The van der Waals surface area contributed by atoms with Crippen LogP contribution in [0.25, 0.3) is 0 Å². The third kappa shape index (κ3) is 3.13. The molecule has 2 aromatic heterocycles. The monoisotopic (exact) mass is 245 g/mol. The lowest BCUT2D eigenvalue weighted by molar-refractivity contribution is 0.0941. The Hall–Kier alpha value is -2.24. The predicted octanol–water partition coefficient (Wildman–Crippen LogP) is 1.08. The predicted molar refractivity (Wildman–Crippen MR) is 65.8 cm³/mol. The number of hydrogen-bond donors (Lipinski definition) is 2. The van der Waals surface area contributed by atoms with Gasteiger partial charge in [-0.3, -0.25) is 14.9 Å². The molecule has 0 bridgehead atoms. The number of carbonyl (C=O) groups is 1. The molecule has 0 aliphatic carbocycles. The number of nitrogens with one attached hydrogen (secondary N) is 2. The van der Waals surface area contributed by atoms with E-state index in [4.69, 9.17) is 0 Å². The van der Waals surface area contributed by atoms with Crippen LogP contribution < -0.4 is 5.32 Å². The van der Waals surface area contributed by atoms with Crippen molar-refractivity contribution >= 4 is 5.91 Å². The van der Waals surface area contributed by atoms with Crippen molar-refractivity contribution in [3.05, 3.63) is 41.7 Å². The number of pyridine rings is 1. The molecule has 0 fully saturated rings. The summed E-state index contributed by atoms with van der Waals surface area (Å²) in [6.07, 6.45) is 5.14. The van der Waals surface area contributed by atoms with E-state index >= 15 is 0 Å². The molecule has 18 heavy (non-hydrogen) atoms. The van der Waals surface area contributed by atoms with Gasteiger partial charge in [-0.15, -0.1) is 5.10 Å². The number of rotatable bonds is 5. The fraction of sp³-hybridized carbons (Fsp3) is 0.333. The zero-order valence-electron chi connectivity index (χ0n) is 10.2. The Morgan fingerprint density at radius 1 is 1.39 bits per heavy atom. The number of carbonyl (C=O) groups excluding carboxylic acids is 1. The van der Waals surface area contributed by atoms with E-state index < -0.39 is 0 Å². The van der Waals surface area contributed by atoms with Crippen molar-refractivity contribution in [2.24, 2.45) is 0 Å². The van der Waals surface area contributed by atoms with Crippen LogP contribution in [0.1, 0.15) is 35.4 Å². The molecule has 6 nitrogen and oxygen atoms in total. The number of nitrogens with zero attached hydrogens (tertiary/aromatic N) is 3. The molecule has 2 aromatic rings. The van der Waals surface area contributed by atoms with Crippen molar-refractivity contribution in [2.75, 3.05) is 0 Å². The molecule has 0 aliphatic heterocycles. The molecule has 2 heterocycles. The van der Waals surface area contributed by atoms with Crippen LogP contribution in [-0.4, -0.2) is 26.1 Å². The van der Waals surface area contributed by atoms with E-state index in [1.807, 2.05) is 19.1 Å². The van der Waals surface area contributed by atoms with Gasteiger partial charge in [0.2, 0.25) is 5.82 Å². The van der Waals surface area contributed by atoms with Crippen LogP contribution >= 0.6 is 0 Å². The summed E-state index contributed by atoms with van der Waals surface area (Å²) in [5.74, 6) is 0.657. The van der Waals surface area contributed by atoms with Gasteiger partial charge in [-0.05, 0) is 24.1 Å². The minimum Gasteiger partial charge on any atom is -0.345 e. The van der Waals surface area contributed by atoms with Crippen LogP contribution in [0, 0.1) is 0 Å². The van der Waals surface area contributed by atoms with E-state index in [1.165, 1.54) is 0 Å². The van der Waals surface area contributed by atoms with Gasteiger partial charge in [0.1, 0.15) is 5.82 Å². The van der Waals surface area contributed by atoms with E-state index in [0.717, 1.165) is 24.2 Å². The van der Waals surface area contributed by atoms with E-state index in [9.17, 15) is 4.79 Å². The van der Waals surface area contributed by atoms with Crippen molar-refractivity contribution in [2.45, 2.75) is 26.3 Å². The molecule has 0 saturated heterocycles. The average molecular weight is 245 g/mol. The number of aromatic nitrogens is 4. The maximum absolute atomic E-state index is 11.8. The van der Waals surface area contributed by atoms with Crippen LogP contribution in [-0.2, 0) is 13.0 Å². The van der Waals surface area contributed by atoms with Gasteiger partial charge in [0.05, 0.1) is 0 Å². The van der Waals surface area contributed by atoms with Gasteiger partial charge in [-0.1, -0.05) is 6.92 Å². The van der Waals surface area contributed by atoms with Gasteiger partial charge in [0.25, 0.3) is 5.91 Å². The molecule has 2 N–H and O–H groups in total. The summed E-state index contributed by atoms with van der Waals surface area (Å²) in [5.41, 5.74) is 0.989. The highest BCUT2D eigenvalue weighted by Gasteiger charge is 2.11. The molecule has 0 aromatic carbocycles. The number of aromatic amines is 1. The second kappa shape index (κ2) is 5.90. The molecule has 0 atom stereocenters. The molecular formula is C12H15N5O. The Morgan fingerprint density at radius 3 is 2.89 bits per heavy atom. The minimum atomic E-state index is -0.273. The van der Waals surface area contributed by atoms with Crippen LogP contribution in [0.4, 0.5) is 0 Å². The Labute approximate surface area is 105 Å². The summed E-state index contributed by atoms with van der Waals surface area (Å²) in [6.45, 7) is 2.49. The number of H-pyrrole nitrogens is 1. The fourth-order valence-corrected chi connectivity index (χ4v) is 1.51. The standard InChI is InChI=1S/C12H15N5O/c1-2-3-10-15-11(17-16-10)12(18)14-8-9-4-6-13-7-5-9/h4-7H,2-3,8H2,1H3,(H,14,18)(H,15,16,17). The zero-order chi connectivity index (χ0) is 12.8. The van der Waals surface area contributed by atoms with Gasteiger partial charge in [-0.2, -0.15) is 0 Å². The van der Waals surface area contributed by atoms with E-state index in [-0.39, 0.29) is 11.7 Å². The highest BCUT2D eigenvalue weighted by molar-refractivity contribution is 5.90. The molecule has 2 rings (SSSR count). The molecule has 94 valence electrons. The zero-order valence-corrected chi connectivity index (χ0v) is 10.2. The lowest BCUT2D eigenvalue weighted by Crippen LogP contribution is -2.24. The summed E-state index contributed by atoms with van der Waals surface area (Å²) < 4.78 is 0. The average Bonchev–Trinajstić information content (AvgIpc) is 2.86. The smallest absolute Gasteiger partial charge is 0.291 e. The van der Waals surface area contributed by atoms with Crippen molar-refractivity contribution in [1.29, 1.82) is 0 Å². The topological polar surface area (TPSA) is 83.6 Å². The lowest BCUT2D eigenvalue weighted by atomic mass is 10.3. The Morgan fingerprint density at radius 2 is 2.17 bits per heavy atom. The SMILES string of the molecule is CCCc1nc(C(=O)NCc2ccncc2)n[nH]1. The molecule has 0 spiro atoms. The summed E-state index contributed by atoms with van der Waals surface area (Å²) in [5, 5.41) is 9.40. The normalized spacial score (nSPS) is 10.3. The molecular weight excluding hydrogens is 230 g/mol. The second-order valence-electron chi connectivity index (χ2n) is 3.89. The van der Waals surface area contributed by atoms with Gasteiger partial charge < -0.3 is 5.32 Å². The Bertz CT molecular complexity index is 508. The highest BCUT2D eigenvalue weighted by Crippen LogP contribution is 1.98. The second-order valence-corrected chi connectivity index (χ2v) is 3.89. The van der Waals surface area contributed by atoms with Crippen LogP contribution in [0.15, 0.2) is 24.5 Å². The summed E-state index contributed by atoms with van der Waals surface area (Å²) in [7, 11) is 0. The summed E-state index contributed by atoms with van der Waals surface area (Å²) in [4.78, 5) is 19.8. The van der Waals surface area contributed by atoms with Crippen molar-refractivity contribution in [3.63, 3.8) is 0 Å². The third-order valence-electron chi connectivity index (χ3n) is 2.42. The highest BCUT2D eigenvalue weighted by atomic mass is 16.2. The first-order chi connectivity index (χ1) is 8.79. The first-order valence-electron chi connectivity index (χ1n) is 5.88. The number of aryl methyl sites for hydroxylation is 1. The summed E-state index contributed by atoms with van der Waals surface area (Å²) >= 11 is 0. The minimum absolute atomic E-state index is 0.188. The van der Waals surface area contributed by atoms with Gasteiger partial charge in [-0.25, -0.2) is 4.98 Å². The third-order valence-corrected chi connectivity index (χ3v) is 2.42. The van der Waals surface area contributed by atoms with E-state index in [2.05, 4.69) is 25.5 Å². The van der Waals surface area contributed by atoms with Gasteiger partial charge in [0.15, 0.2) is 0 Å². The maximum atomic E-state index is 11.8. The lowest BCUT2D eigenvalue weighted by Gasteiger charge is -2.01. The maximum Gasteiger partial charge on any atom is 0.291 e. The van der Waals surface area contributed by atoms with Crippen molar-refractivity contribution in [1.82, 2.24) is 25.5 Å². The van der Waals surface area contributed by atoms with Gasteiger partial charge >= 0.3 is 0 Å². The molecule has 6 heteroatoms. The van der Waals surface area contributed by atoms with Crippen LogP contribution in [0.3, 0.4) is 0 Å². The molecule has 0 radical (unpaired) electrons. The Balaban J connectivity index is 1.91. The van der Waals surface area contributed by atoms with Gasteiger partial charge in [0, 0.05) is 25.4 Å². The number of hydrogen-bond acceptors (Lipinski definition) is 4. The molecule has 0 unspecified atom stereocenters. The molecule has 0 aliphatic rings. The summed E-state index contributed by atoms with van der Waals surface area (Å²) in [6, 6.07) is 3.70. The quantitative estimate of drug-likeness (QED) is 0.825. The number of amides is 1. The van der Waals surface area contributed by atoms with Crippen LogP contribution in [0.2, 0.25) is 0 Å². The first-order valence-corrected chi connectivity index (χ1v) is 5.88. The largest absolute Gasteiger partial charge is 0.345 e.